The molecule has 102 valence electrons. The van der Waals surface area contributed by atoms with Crippen molar-refractivity contribution in [2.24, 2.45) is 0 Å². The molecule has 5 nitrogen and oxygen atoms in total. The average Bonchev–Trinajstić information content (AvgIpc) is 2.47. The Morgan fingerprint density at radius 1 is 1.47 bits per heavy atom. The Morgan fingerprint density at radius 3 is 2.89 bits per heavy atom. The zero-order valence-corrected chi connectivity index (χ0v) is 11.6. The average molecular weight is 280 g/mol. The van der Waals surface area contributed by atoms with Crippen molar-refractivity contribution in [1.82, 2.24) is 4.31 Å². The van der Waals surface area contributed by atoms with Crippen molar-refractivity contribution in [2.75, 3.05) is 19.7 Å². The third-order valence-electron chi connectivity index (χ3n) is 3.18. The maximum atomic E-state index is 12.5. The summed E-state index contributed by atoms with van der Waals surface area (Å²) in [7, 11) is -3.62. The molecule has 1 aliphatic rings. The summed E-state index contributed by atoms with van der Waals surface area (Å²) in [5.41, 5.74) is 0.182. The lowest BCUT2D eigenvalue weighted by molar-refractivity contribution is -0.00278. The van der Waals surface area contributed by atoms with Crippen LogP contribution in [-0.4, -0.2) is 38.5 Å². The summed E-state index contributed by atoms with van der Waals surface area (Å²) >= 11 is 0. The topological polar surface area (TPSA) is 70.4 Å². The number of sulfonamides is 1. The Bertz CT molecular complexity index is 592. The summed E-state index contributed by atoms with van der Waals surface area (Å²) in [6.45, 7) is 3.04. The molecule has 0 bridgehead atoms. The molecular weight excluding hydrogens is 264 g/mol. The molecule has 1 fully saturated rings. The Morgan fingerprint density at radius 2 is 2.21 bits per heavy atom. The fourth-order valence-electron chi connectivity index (χ4n) is 2.08. The summed E-state index contributed by atoms with van der Waals surface area (Å²) in [5, 5.41) is 9.02. The van der Waals surface area contributed by atoms with Gasteiger partial charge in [0.1, 0.15) is 6.07 Å². The first-order chi connectivity index (χ1) is 9.09. The molecule has 0 saturated carbocycles. The molecule has 0 aromatic heterocycles. The number of ether oxygens (including phenoxy) is 1. The lowest BCUT2D eigenvalue weighted by atomic mass is 10.2. The van der Waals surface area contributed by atoms with Crippen LogP contribution >= 0.6 is 0 Å². The molecule has 1 atom stereocenters. The van der Waals surface area contributed by atoms with Gasteiger partial charge in [0.15, 0.2) is 0 Å². The monoisotopic (exact) mass is 280 g/mol. The van der Waals surface area contributed by atoms with Gasteiger partial charge in [-0.05, 0) is 18.6 Å². The van der Waals surface area contributed by atoms with Crippen LogP contribution in [0.1, 0.15) is 18.9 Å². The van der Waals surface area contributed by atoms with E-state index in [2.05, 4.69) is 0 Å². The standard InChI is InChI=1S/C13H16N2O3S/c1-2-12-10-15(7-8-18-12)19(16,17)13-6-4-3-5-11(13)9-14/h3-6,12H,2,7-8,10H2,1H3. The molecule has 1 heterocycles. The molecule has 0 aliphatic carbocycles. The molecule has 1 aromatic carbocycles. The van der Waals surface area contributed by atoms with Crippen molar-refractivity contribution in [1.29, 1.82) is 5.26 Å². The zero-order chi connectivity index (χ0) is 13.9. The molecule has 19 heavy (non-hydrogen) atoms. The first kappa shape index (κ1) is 14.0. The van der Waals surface area contributed by atoms with Crippen LogP contribution in [-0.2, 0) is 14.8 Å². The van der Waals surface area contributed by atoms with Gasteiger partial charge < -0.3 is 4.74 Å². The van der Waals surface area contributed by atoms with E-state index >= 15 is 0 Å². The number of benzene rings is 1. The predicted octanol–water partition coefficient (Wildman–Crippen LogP) is 1.36. The van der Waals surface area contributed by atoms with Crippen molar-refractivity contribution >= 4 is 10.0 Å². The molecule has 6 heteroatoms. The largest absolute Gasteiger partial charge is 0.375 e. The van der Waals surface area contributed by atoms with E-state index in [1.54, 1.807) is 12.1 Å². The SMILES string of the molecule is CCC1CN(S(=O)(=O)c2ccccc2C#N)CCO1. The van der Waals surface area contributed by atoms with E-state index in [4.69, 9.17) is 10.00 Å². The summed E-state index contributed by atoms with van der Waals surface area (Å²) in [4.78, 5) is 0.0780. The van der Waals surface area contributed by atoms with E-state index in [0.717, 1.165) is 6.42 Å². The van der Waals surface area contributed by atoms with E-state index in [0.29, 0.717) is 19.7 Å². The van der Waals surface area contributed by atoms with Gasteiger partial charge in [-0.2, -0.15) is 9.57 Å². The highest BCUT2D eigenvalue weighted by Gasteiger charge is 2.31. The van der Waals surface area contributed by atoms with Gasteiger partial charge >= 0.3 is 0 Å². The third-order valence-corrected chi connectivity index (χ3v) is 5.11. The van der Waals surface area contributed by atoms with Gasteiger partial charge in [0, 0.05) is 13.1 Å². The molecule has 0 N–H and O–H groups in total. The van der Waals surface area contributed by atoms with Gasteiger partial charge in [-0.1, -0.05) is 19.1 Å². The normalized spacial score (nSPS) is 20.9. The Kier molecular flexibility index (Phi) is 4.20. The quantitative estimate of drug-likeness (QED) is 0.838. The van der Waals surface area contributed by atoms with Crippen LogP contribution in [0.4, 0.5) is 0 Å². The van der Waals surface area contributed by atoms with Crippen molar-refractivity contribution in [3.05, 3.63) is 29.8 Å². The number of morpholine rings is 1. The predicted molar refractivity (Wildman–Crippen MR) is 69.9 cm³/mol. The Hall–Kier alpha value is -1.42. The van der Waals surface area contributed by atoms with Crippen molar-refractivity contribution < 1.29 is 13.2 Å². The van der Waals surface area contributed by atoms with Crippen molar-refractivity contribution in [2.45, 2.75) is 24.3 Å². The molecule has 1 aromatic rings. The van der Waals surface area contributed by atoms with E-state index in [-0.39, 0.29) is 16.6 Å². The molecule has 0 radical (unpaired) electrons. The van der Waals surface area contributed by atoms with Gasteiger partial charge in [-0.3, -0.25) is 0 Å². The molecule has 1 saturated heterocycles. The number of hydrogen-bond acceptors (Lipinski definition) is 4. The second kappa shape index (κ2) is 5.70. The van der Waals surface area contributed by atoms with Gasteiger partial charge in [0.05, 0.1) is 23.2 Å². The smallest absolute Gasteiger partial charge is 0.244 e. The second-order valence-corrected chi connectivity index (χ2v) is 6.28. The first-order valence-electron chi connectivity index (χ1n) is 6.20. The number of hydrogen-bond donors (Lipinski definition) is 0. The highest BCUT2D eigenvalue weighted by molar-refractivity contribution is 7.89. The number of nitriles is 1. The maximum Gasteiger partial charge on any atom is 0.244 e. The van der Waals surface area contributed by atoms with Crippen LogP contribution in [0.5, 0.6) is 0 Å². The van der Waals surface area contributed by atoms with Crippen LogP contribution < -0.4 is 0 Å². The van der Waals surface area contributed by atoms with Gasteiger partial charge in [0.2, 0.25) is 10.0 Å². The lowest BCUT2D eigenvalue weighted by Crippen LogP contribution is -2.45. The minimum atomic E-state index is -3.62. The van der Waals surface area contributed by atoms with Crippen LogP contribution in [0.25, 0.3) is 0 Å². The minimum Gasteiger partial charge on any atom is -0.375 e. The second-order valence-electron chi connectivity index (χ2n) is 4.37. The van der Waals surface area contributed by atoms with E-state index in [9.17, 15) is 8.42 Å². The van der Waals surface area contributed by atoms with Crippen molar-refractivity contribution in [3.8, 4) is 6.07 Å². The maximum absolute atomic E-state index is 12.5. The summed E-state index contributed by atoms with van der Waals surface area (Å²) in [6, 6.07) is 8.21. The molecule has 0 spiro atoms. The van der Waals surface area contributed by atoms with Gasteiger partial charge in [-0.15, -0.1) is 0 Å². The van der Waals surface area contributed by atoms with Crippen molar-refractivity contribution in [3.63, 3.8) is 0 Å². The van der Waals surface area contributed by atoms with E-state index in [1.165, 1.54) is 16.4 Å². The summed E-state index contributed by atoms with van der Waals surface area (Å²) in [6.07, 6.45) is 0.698. The fraction of sp³-hybridized carbons (Fsp3) is 0.462. The molecule has 2 rings (SSSR count). The molecule has 1 aliphatic heterocycles. The van der Waals surface area contributed by atoms with Crippen LogP contribution in [0, 0.1) is 11.3 Å². The minimum absolute atomic E-state index is 0.0715. The highest BCUT2D eigenvalue weighted by Crippen LogP contribution is 2.22. The summed E-state index contributed by atoms with van der Waals surface area (Å²) in [5.74, 6) is 0. The van der Waals surface area contributed by atoms with E-state index in [1.807, 2.05) is 13.0 Å². The Balaban J connectivity index is 2.35. The first-order valence-corrected chi connectivity index (χ1v) is 7.64. The number of nitrogens with zero attached hydrogens (tertiary/aromatic N) is 2. The van der Waals surface area contributed by atoms with Gasteiger partial charge in [-0.25, -0.2) is 8.42 Å². The van der Waals surface area contributed by atoms with Crippen LogP contribution in [0.15, 0.2) is 29.2 Å². The molecular formula is C13H16N2O3S. The molecule has 0 amide bonds. The van der Waals surface area contributed by atoms with Crippen LogP contribution in [0.3, 0.4) is 0 Å². The highest BCUT2D eigenvalue weighted by atomic mass is 32.2. The third kappa shape index (κ3) is 2.78. The van der Waals surface area contributed by atoms with Crippen LogP contribution in [0.2, 0.25) is 0 Å². The van der Waals surface area contributed by atoms with Gasteiger partial charge in [0.25, 0.3) is 0 Å². The number of rotatable bonds is 3. The molecule has 1 unspecified atom stereocenters. The lowest BCUT2D eigenvalue weighted by Gasteiger charge is -2.31. The van der Waals surface area contributed by atoms with E-state index < -0.39 is 10.0 Å². The zero-order valence-electron chi connectivity index (χ0n) is 10.7. The fourth-order valence-corrected chi connectivity index (χ4v) is 3.68. The summed E-state index contributed by atoms with van der Waals surface area (Å²) < 4.78 is 32.0. The Labute approximate surface area is 113 Å².